The third-order valence-electron chi connectivity index (χ3n) is 2.83. The van der Waals surface area contributed by atoms with Gasteiger partial charge < -0.3 is 25.6 Å². The number of ether oxygens (including phenoxy) is 2. The molecule has 0 fully saturated rings. The van der Waals surface area contributed by atoms with Crippen LogP contribution in [0.4, 0.5) is 11.5 Å². The number of pyridine rings is 1. The summed E-state index contributed by atoms with van der Waals surface area (Å²) >= 11 is 0. The van der Waals surface area contributed by atoms with Crippen molar-refractivity contribution < 1.29 is 14.6 Å². The standard InChI is InChI=1S/C13H17N3O3/c1-18-10-7-9(14)8-3-4-15-13(16-5-6-17)11(8)12(10)19-2/h3-4,7,17H,5-6,14H2,1-2H3,(H,15,16). The third-order valence-corrected chi connectivity index (χ3v) is 2.83. The maximum Gasteiger partial charge on any atom is 0.172 e. The molecule has 0 saturated heterocycles. The van der Waals surface area contributed by atoms with Gasteiger partial charge in [0.1, 0.15) is 5.82 Å². The molecule has 0 saturated carbocycles. The third kappa shape index (κ3) is 2.34. The topological polar surface area (TPSA) is 89.6 Å². The molecule has 1 heterocycles. The first-order chi connectivity index (χ1) is 9.22. The molecule has 0 aliphatic rings. The maximum absolute atomic E-state index is 8.91. The van der Waals surface area contributed by atoms with E-state index in [0.717, 1.165) is 10.8 Å². The molecule has 0 unspecified atom stereocenters. The number of benzene rings is 1. The summed E-state index contributed by atoms with van der Waals surface area (Å²) in [5.41, 5.74) is 6.60. The van der Waals surface area contributed by atoms with Crippen LogP contribution in [0, 0.1) is 0 Å². The van der Waals surface area contributed by atoms with Crippen LogP contribution >= 0.6 is 0 Å². The SMILES string of the molecule is COc1cc(N)c2ccnc(NCCO)c2c1OC. The lowest BCUT2D eigenvalue weighted by molar-refractivity contribution is 0.311. The predicted molar refractivity (Wildman–Crippen MR) is 74.8 cm³/mol. The molecule has 19 heavy (non-hydrogen) atoms. The molecule has 1 aromatic carbocycles. The van der Waals surface area contributed by atoms with Crippen molar-refractivity contribution >= 4 is 22.3 Å². The molecular weight excluding hydrogens is 246 g/mol. The molecule has 102 valence electrons. The van der Waals surface area contributed by atoms with Gasteiger partial charge >= 0.3 is 0 Å². The normalized spacial score (nSPS) is 10.5. The van der Waals surface area contributed by atoms with E-state index < -0.39 is 0 Å². The number of aromatic nitrogens is 1. The van der Waals surface area contributed by atoms with E-state index in [2.05, 4.69) is 10.3 Å². The molecular formula is C13H17N3O3. The predicted octanol–water partition coefficient (Wildman–Crippen LogP) is 1.24. The van der Waals surface area contributed by atoms with Crippen molar-refractivity contribution in [3.05, 3.63) is 18.3 Å². The molecule has 6 heteroatoms. The Morgan fingerprint density at radius 3 is 2.79 bits per heavy atom. The number of anilines is 2. The van der Waals surface area contributed by atoms with Gasteiger partial charge in [-0.05, 0) is 6.07 Å². The average molecular weight is 263 g/mol. The van der Waals surface area contributed by atoms with Crippen molar-refractivity contribution in [3.8, 4) is 11.5 Å². The Morgan fingerprint density at radius 2 is 2.16 bits per heavy atom. The lowest BCUT2D eigenvalue weighted by atomic mass is 10.1. The smallest absolute Gasteiger partial charge is 0.172 e. The fraction of sp³-hybridized carbons (Fsp3) is 0.308. The highest BCUT2D eigenvalue weighted by Gasteiger charge is 2.16. The minimum Gasteiger partial charge on any atom is -0.493 e. The Labute approximate surface area is 111 Å². The molecule has 6 nitrogen and oxygen atoms in total. The molecule has 0 bridgehead atoms. The zero-order valence-electron chi connectivity index (χ0n) is 10.9. The highest BCUT2D eigenvalue weighted by molar-refractivity contribution is 6.05. The fourth-order valence-corrected chi connectivity index (χ4v) is 2.00. The number of hydrogen-bond donors (Lipinski definition) is 3. The number of rotatable bonds is 5. The summed E-state index contributed by atoms with van der Waals surface area (Å²) in [5, 5.41) is 13.5. The number of nitrogens with zero attached hydrogens (tertiary/aromatic N) is 1. The summed E-state index contributed by atoms with van der Waals surface area (Å²) in [4.78, 5) is 4.26. The Hall–Kier alpha value is -2.21. The van der Waals surface area contributed by atoms with Gasteiger partial charge in [-0.15, -0.1) is 0 Å². The van der Waals surface area contributed by atoms with Crippen molar-refractivity contribution in [1.82, 2.24) is 4.98 Å². The first-order valence-corrected chi connectivity index (χ1v) is 5.86. The van der Waals surface area contributed by atoms with Crippen molar-refractivity contribution in [1.29, 1.82) is 0 Å². The van der Waals surface area contributed by atoms with Gasteiger partial charge in [-0.25, -0.2) is 4.98 Å². The van der Waals surface area contributed by atoms with Gasteiger partial charge in [0.2, 0.25) is 0 Å². The van der Waals surface area contributed by atoms with E-state index in [0.29, 0.717) is 29.5 Å². The second-order valence-electron chi connectivity index (χ2n) is 3.93. The maximum atomic E-state index is 8.91. The van der Waals surface area contributed by atoms with Crippen LogP contribution < -0.4 is 20.5 Å². The second-order valence-corrected chi connectivity index (χ2v) is 3.93. The summed E-state index contributed by atoms with van der Waals surface area (Å²) < 4.78 is 10.7. The van der Waals surface area contributed by atoms with Crippen molar-refractivity contribution in [2.24, 2.45) is 0 Å². The van der Waals surface area contributed by atoms with E-state index >= 15 is 0 Å². The molecule has 1 aromatic heterocycles. The van der Waals surface area contributed by atoms with Crippen LogP contribution in [0.5, 0.6) is 11.5 Å². The van der Waals surface area contributed by atoms with E-state index in [1.165, 1.54) is 0 Å². The highest BCUT2D eigenvalue weighted by atomic mass is 16.5. The zero-order chi connectivity index (χ0) is 13.8. The van der Waals surface area contributed by atoms with E-state index in [1.54, 1.807) is 26.5 Å². The van der Waals surface area contributed by atoms with Crippen molar-refractivity contribution in [2.45, 2.75) is 0 Å². The van der Waals surface area contributed by atoms with Crippen LogP contribution in [0.3, 0.4) is 0 Å². The summed E-state index contributed by atoms with van der Waals surface area (Å²) in [7, 11) is 3.12. The van der Waals surface area contributed by atoms with Gasteiger partial charge in [0.25, 0.3) is 0 Å². The number of aliphatic hydroxyl groups is 1. The lowest BCUT2D eigenvalue weighted by Crippen LogP contribution is -2.08. The Kier molecular flexibility index (Phi) is 3.91. The van der Waals surface area contributed by atoms with Gasteiger partial charge in [-0.2, -0.15) is 0 Å². The molecule has 2 aromatic rings. The fourth-order valence-electron chi connectivity index (χ4n) is 2.00. The Morgan fingerprint density at radius 1 is 1.37 bits per heavy atom. The van der Waals surface area contributed by atoms with Crippen LogP contribution in [-0.2, 0) is 0 Å². The van der Waals surface area contributed by atoms with Gasteiger partial charge in [0.05, 0.1) is 26.2 Å². The number of nitrogens with one attached hydrogen (secondary N) is 1. The molecule has 0 atom stereocenters. The first-order valence-electron chi connectivity index (χ1n) is 5.86. The van der Waals surface area contributed by atoms with Crippen LogP contribution in [0.15, 0.2) is 18.3 Å². The summed E-state index contributed by atoms with van der Waals surface area (Å²) in [6, 6.07) is 3.54. The summed E-state index contributed by atoms with van der Waals surface area (Å²) in [6.07, 6.45) is 1.66. The molecule has 0 spiro atoms. The molecule has 0 aliphatic carbocycles. The van der Waals surface area contributed by atoms with Crippen LogP contribution in [-0.4, -0.2) is 37.5 Å². The highest BCUT2D eigenvalue weighted by Crippen LogP contribution is 2.41. The van der Waals surface area contributed by atoms with Crippen LogP contribution in [0.1, 0.15) is 0 Å². The number of nitrogen functional groups attached to an aromatic ring is 1. The van der Waals surface area contributed by atoms with Gasteiger partial charge in [-0.1, -0.05) is 0 Å². The van der Waals surface area contributed by atoms with Crippen LogP contribution in [0.25, 0.3) is 10.8 Å². The minimum absolute atomic E-state index is 0.0137. The van der Waals surface area contributed by atoms with E-state index in [1.807, 2.05) is 6.07 Å². The van der Waals surface area contributed by atoms with Gasteiger partial charge in [0, 0.05) is 29.9 Å². The monoisotopic (exact) mass is 263 g/mol. The quantitative estimate of drug-likeness (QED) is 0.703. The number of hydrogen-bond acceptors (Lipinski definition) is 6. The molecule has 0 radical (unpaired) electrons. The molecule has 2 rings (SSSR count). The first kappa shape index (κ1) is 13.2. The number of aliphatic hydroxyl groups excluding tert-OH is 1. The Balaban J connectivity index is 2.72. The molecule has 4 N–H and O–H groups in total. The molecule has 0 aliphatic heterocycles. The van der Waals surface area contributed by atoms with Gasteiger partial charge in [0.15, 0.2) is 11.5 Å². The Bertz CT molecular complexity index is 587. The minimum atomic E-state index is 0.0137. The number of fused-ring (bicyclic) bond motifs is 1. The van der Waals surface area contributed by atoms with E-state index in [4.69, 9.17) is 20.3 Å². The molecule has 0 amide bonds. The largest absolute Gasteiger partial charge is 0.493 e. The second kappa shape index (κ2) is 5.62. The van der Waals surface area contributed by atoms with E-state index in [9.17, 15) is 0 Å². The summed E-state index contributed by atoms with van der Waals surface area (Å²) in [5.74, 6) is 1.72. The van der Waals surface area contributed by atoms with E-state index in [-0.39, 0.29) is 6.61 Å². The van der Waals surface area contributed by atoms with Crippen molar-refractivity contribution in [2.75, 3.05) is 38.4 Å². The summed E-state index contributed by atoms with van der Waals surface area (Å²) in [6.45, 7) is 0.409. The van der Waals surface area contributed by atoms with Gasteiger partial charge in [-0.3, -0.25) is 0 Å². The van der Waals surface area contributed by atoms with Crippen LogP contribution in [0.2, 0.25) is 0 Å². The number of nitrogens with two attached hydrogens (primary N) is 1. The zero-order valence-corrected chi connectivity index (χ0v) is 10.9. The van der Waals surface area contributed by atoms with Crippen molar-refractivity contribution in [3.63, 3.8) is 0 Å². The number of methoxy groups -OCH3 is 2. The average Bonchev–Trinajstić information content (AvgIpc) is 2.44. The lowest BCUT2D eigenvalue weighted by Gasteiger charge is -2.15.